The lowest BCUT2D eigenvalue weighted by Crippen LogP contribution is -2.40. The van der Waals surface area contributed by atoms with Crippen molar-refractivity contribution < 1.29 is 19.8 Å². The van der Waals surface area contributed by atoms with Crippen LogP contribution in [0.15, 0.2) is 30.3 Å². The van der Waals surface area contributed by atoms with E-state index in [0.717, 1.165) is 5.56 Å². The third kappa shape index (κ3) is 4.24. The molecule has 4 N–H and O–H groups in total. The van der Waals surface area contributed by atoms with Crippen molar-refractivity contribution in [3.8, 4) is 0 Å². The summed E-state index contributed by atoms with van der Waals surface area (Å²) in [6, 6.07) is 7.96. The molecule has 0 radical (unpaired) electrons. The Bertz CT molecular complexity index is 391. The van der Waals surface area contributed by atoms with Gasteiger partial charge >= 0.3 is 11.9 Å². The minimum absolute atomic E-state index is 0.248. The van der Waals surface area contributed by atoms with Gasteiger partial charge in [-0.05, 0) is 17.9 Å². The normalized spacial score (nSPS) is 13.9. The van der Waals surface area contributed by atoms with Gasteiger partial charge in [-0.3, -0.25) is 9.59 Å². The lowest BCUT2D eigenvalue weighted by Gasteiger charge is -2.18. The van der Waals surface area contributed by atoms with E-state index < -0.39 is 23.9 Å². The number of carbonyl (C=O) groups is 2. The van der Waals surface area contributed by atoms with Gasteiger partial charge in [-0.1, -0.05) is 30.3 Å². The zero-order valence-corrected chi connectivity index (χ0v) is 9.24. The number of carboxylic acids is 2. The summed E-state index contributed by atoms with van der Waals surface area (Å²) < 4.78 is 0. The van der Waals surface area contributed by atoms with Gasteiger partial charge in [0.15, 0.2) is 0 Å². The summed E-state index contributed by atoms with van der Waals surface area (Å²) in [5.41, 5.74) is 6.38. The fraction of sp³-hybridized carbons (Fsp3) is 0.333. The average Bonchev–Trinajstić information content (AvgIpc) is 2.28. The summed E-state index contributed by atoms with van der Waals surface area (Å²) in [7, 11) is 0. The first kappa shape index (κ1) is 13.2. The fourth-order valence-corrected chi connectivity index (χ4v) is 1.67. The number of rotatable bonds is 6. The Morgan fingerprint density at radius 3 is 2.24 bits per heavy atom. The maximum absolute atomic E-state index is 10.8. The van der Waals surface area contributed by atoms with Gasteiger partial charge in [0.25, 0.3) is 0 Å². The van der Waals surface area contributed by atoms with E-state index in [4.69, 9.17) is 15.9 Å². The molecule has 1 aromatic rings. The highest BCUT2D eigenvalue weighted by Gasteiger charge is 2.26. The molecule has 1 rings (SSSR count). The maximum atomic E-state index is 10.8. The first-order chi connectivity index (χ1) is 8.00. The van der Waals surface area contributed by atoms with Crippen molar-refractivity contribution in [3.63, 3.8) is 0 Å². The number of aliphatic carboxylic acids is 2. The van der Waals surface area contributed by atoms with Crippen LogP contribution in [0, 0.1) is 5.92 Å². The molecule has 92 valence electrons. The van der Waals surface area contributed by atoms with Gasteiger partial charge in [-0.2, -0.15) is 0 Å². The van der Waals surface area contributed by atoms with Gasteiger partial charge in [-0.25, -0.2) is 0 Å². The average molecular weight is 237 g/mol. The van der Waals surface area contributed by atoms with Gasteiger partial charge < -0.3 is 15.9 Å². The molecule has 1 unspecified atom stereocenters. The first-order valence-electron chi connectivity index (χ1n) is 5.25. The standard InChI is InChI=1S/C12H15NO4/c13-11(12(16)17)9(7-10(14)15)6-8-4-2-1-3-5-8/h1-5,9,11H,6-7,13H2,(H,14,15)(H,16,17)/t9?,11-/m0/s1. The summed E-state index contributed by atoms with van der Waals surface area (Å²) >= 11 is 0. The smallest absolute Gasteiger partial charge is 0.320 e. The second kappa shape index (κ2) is 6.00. The molecule has 0 aromatic heterocycles. The molecule has 1 aromatic carbocycles. The van der Waals surface area contributed by atoms with Crippen molar-refractivity contribution in [2.24, 2.45) is 11.7 Å². The maximum Gasteiger partial charge on any atom is 0.320 e. The summed E-state index contributed by atoms with van der Waals surface area (Å²) in [5.74, 6) is -2.82. The number of nitrogens with two attached hydrogens (primary N) is 1. The predicted octanol–water partition coefficient (Wildman–Crippen LogP) is 0.732. The Kier molecular flexibility index (Phi) is 4.66. The molecule has 5 heteroatoms. The number of hydrogen-bond donors (Lipinski definition) is 3. The fourth-order valence-electron chi connectivity index (χ4n) is 1.67. The molecule has 0 aliphatic heterocycles. The number of hydrogen-bond acceptors (Lipinski definition) is 3. The van der Waals surface area contributed by atoms with Crippen molar-refractivity contribution >= 4 is 11.9 Å². The third-order valence-corrected chi connectivity index (χ3v) is 2.57. The van der Waals surface area contributed by atoms with Crippen molar-refractivity contribution in [1.29, 1.82) is 0 Å². The largest absolute Gasteiger partial charge is 0.481 e. The van der Waals surface area contributed by atoms with Crippen LogP contribution in [0.1, 0.15) is 12.0 Å². The van der Waals surface area contributed by atoms with Gasteiger partial charge in [0, 0.05) is 0 Å². The van der Waals surface area contributed by atoms with Crippen LogP contribution in [-0.2, 0) is 16.0 Å². The first-order valence-corrected chi connectivity index (χ1v) is 5.25. The second-order valence-corrected chi connectivity index (χ2v) is 3.91. The van der Waals surface area contributed by atoms with Crippen LogP contribution in [0.2, 0.25) is 0 Å². The molecular weight excluding hydrogens is 222 g/mol. The van der Waals surface area contributed by atoms with Crippen LogP contribution in [0.4, 0.5) is 0 Å². The van der Waals surface area contributed by atoms with E-state index in [9.17, 15) is 9.59 Å². The van der Waals surface area contributed by atoms with E-state index in [1.807, 2.05) is 30.3 Å². The van der Waals surface area contributed by atoms with E-state index in [0.29, 0.717) is 6.42 Å². The van der Waals surface area contributed by atoms with Gasteiger partial charge in [0.05, 0.1) is 6.42 Å². The Morgan fingerprint density at radius 1 is 1.18 bits per heavy atom. The van der Waals surface area contributed by atoms with E-state index in [1.165, 1.54) is 0 Å². The molecule has 0 aliphatic rings. The van der Waals surface area contributed by atoms with Gasteiger partial charge in [0.2, 0.25) is 0 Å². The highest BCUT2D eigenvalue weighted by atomic mass is 16.4. The molecule has 0 saturated carbocycles. The summed E-state index contributed by atoms with van der Waals surface area (Å²) in [6.45, 7) is 0. The highest BCUT2D eigenvalue weighted by molar-refractivity contribution is 5.75. The highest BCUT2D eigenvalue weighted by Crippen LogP contribution is 2.15. The third-order valence-electron chi connectivity index (χ3n) is 2.57. The molecule has 0 saturated heterocycles. The molecule has 0 amide bonds. The van der Waals surface area contributed by atoms with Crippen molar-refractivity contribution in [2.45, 2.75) is 18.9 Å². The Hall–Kier alpha value is -1.88. The monoisotopic (exact) mass is 237 g/mol. The Labute approximate surface area is 98.9 Å². The molecule has 17 heavy (non-hydrogen) atoms. The number of benzene rings is 1. The quantitative estimate of drug-likeness (QED) is 0.677. The minimum Gasteiger partial charge on any atom is -0.481 e. The topological polar surface area (TPSA) is 101 Å². The van der Waals surface area contributed by atoms with Crippen LogP contribution in [0.5, 0.6) is 0 Å². The summed E-state index contributed by atoms with van der Waals surface area (Å²) in [6.07, 6.45) is 0.100. The van der Waals surface area contributed by atoms with Crippen LogP contribution < -0.4 is 5.73 Å². The Morgan fingerprint density at radius 2 is 1.76 bits per heavy atom. The zero-order valence-electron chi connectivity index (χ0n) is 9.24. The SMILES string of the molecule is N[C@H](C(=O)O)C(CC(=O)O)Cc1ccccc1. The molecule has 0 heterocycles. The molecule has 0 fully saturated rings. The van der Waals surface area contributed by atoms with Gasteiger partial charge in [-0.15, -0.1) is 0 Å². The lowest BCUT2D eigenvalue weighted by molar-refractivity contribution is -0.142. The minimum atomic E-state index is -1.17. The molecule has 0 bridgehead atoms. The molecule has 5 nitrogen and oxygen atoms in total. The summed E-state index contributed by atoms with van der Waals surface area (Å²) in [5, 5.41) is 17.6. The molecular formula is C12H15NO4. The van der Waals surface area contributed by atoms with Gasteiger partial charge in [0.1, 0.15) is 6.04 Å². The van der Waals surface area contributed by atoms with Crippen LogP contribution in [-0.4, -0.2) is 28.2 Å². The van der Waals surface area contributed by atoms with E-state index in [2.05, 4.69) is 0 Å². The Balaban J connectivity index is 2.77. The molecule has 0 spiro atoms. The molecule has 2 atom stereocenters. The summed E-state index contributed by atoms with van der Waals surface area (Å²) in [4.78, 5) is 21.5. The van der Waals surface area contributed by atoms with E-state index in [-0.39, 0.29) is 6.42 Å². The number of carboxylic acid groups (broad SMARTS) is 2. The second-order valence-electron chi connectivity index (χ2n) is 3.91. The van der Waals surface area contributed by atoms with Crippen molar-refractivity contribution in [2.75, 3.05) is 0 Å². The lowest BCUT2D eigenvalue weighted by atomic mass is 9.90. The van der Waals surface area contributed by atoms with Crippen molar-refractivity contribution in [3.05, 3.63) is 35.9 Å². The van der Waals surface area contributed by atoms with Crippen LogP contribution in [0.25, 0.3) is 0 Å². The predicted molar refractivity (Wildman–Crippen MR) is 61.5 cm³/mol. The van der Waals surface area contributed by atoms with Crippen LogP contribution >= 0.6 is 0 Å². The van der Waals surface area contributed by atoms with Crippen molar-refractivity contribution in [1.82, 2.24) is 0 Å². The molecule has 0 aliphatic carbocycles. The van der Waals surface area contributed by atoms with E-state index >= 15 is 0 Å². The zero-order chi connectivity index (χ0) is 12.8. The van der Waals surface area contributed by atoms with E-state index in [1.54, 1.807) is 0 Å². The van der Waals surface area contributed by atoms with Crippen LogP contribution in [0.3, 0.4) is 0 Å².